The lowest BCUT2D eigenvalue weighted by molar-refractivity contribution is -0.143. The number of fused-ring (bicyclic) bond motifs is 1. The molecule has 5 rings (SSSR count). The van der Waals surface area contributed by atoms with Gasteiger partial charge in [0.2, 0.25) is 0 Å². The van der Waals surface area contributed by atoms with Gasteiger partial charge in [0.15, 0.2) is 21.4 Å². The first-order valence-electron chi connectivity index (χ1n) is 13.4. The van der Waals surface area contributed by atoms with Crippen LogP contribution in [0.1, 0.15) is 37.4 Å². The summed E-state index contributed by atoms with van der Waals surface area (Å²) in [6.07, 6.45) is 4.22. The Kier molecular flexibility index (Phi) is 8.32. The lowest BCUT2D eigenvalue weighted by Crippen LogP contribution is -2.12. The largest absolute Gasteiger partial charge is 0.466 e. The Balaban J connectivity index is 1.43. The van der Waals surface area contributed by atoms with Gasteiger partial charge in [0.25, 0.3) is 0 Å². The first-order chi connectivity index (χ1) is 20.5. The molecule has 3 aromatic carbocycles. The van der Waals surface area contributed by atoms with E-state index >= 15 is 8.78 Å². The van der Waals surface area contributed by atoms with Gasteiger partial charge in [-0.15, -0.1) is 0 Å². The number of carbonyl (C=O) groups excluding carboxylic acids is 1. The molecule has 0 aliphatic rings. The zero-order valence-electron chi connectivity index (χ0n) is 23.5. The fourth-order valence-corrected chi connectivity index (χ4v) is 5.95. The van der Waals surface area contributed by atoms with Crippen LogP contribution in [0.4, 0.5) is 13.2 Å². The summed E-state index contributed by atoms with van der Waals surface area (Å²) in [5, 5.41) is 4.71. The maximum Gasteiger partial charge on any atom is 0.306 e. The molecule has 0 fully saturated rings. The van der Waals surface area contributed by atoms with Gasteiger partial charge in [-0.25, -0.2) is 21.6 Å². The van der Waals surface area contributed by atoms with Gasteiger partial charge >= 0.3 is 5.97 Å². The van der Waals surface area contributed by atoms with Crippen LogP contribution in [0.3, 0.4) is 0 Å². The molecular formula is C31H28F3N3O5S. The van der Waals surface area contributed by atoms with Gasteiger partial charge in [0.05, 0.1) is 18.3 Å². The number of benzene rings is 3. The van der Waals surface area contributed by atoms with Gasteiger partial charge in [-0.05, 0) is 56.2 Å². The van der Waals surface area contributed by atoms with Gasteiger partial charge in [0, 0.05) is 53.2 Å². The third-order valence-corrected chi connectivity index (χ3v) is 8.14. The van der Waals surface area contributed by atoms with E-state index in [9.17, 15) is 17.6 Å². The van der Waals surface area contributed by atoms with Crippen molar-refractivity contribution in [1.82, 2.24) is 14.8 Å². The number of hydrogen-bond acceptors (Lipinski definition) is 6. The zero-order chi connectivity index (χ0) is 30.9. The number of rotatable bonds is 10. The highest BCUT2D eigenvalue weighted by Gasteiger charge is 2.25. The molecule has 8 nitrogen and oxygen atoms in total. The van der Waals surface area contributed by atoms with Crippen molar-refractivity contribution in [1.29, 1.82) is 0 Å². The van der Waals surface area contributed by atoms with E-state index in [1.165, 1.54) is 35.1 Å². The van der Waals surface area contributed by atoms with Crippen LogP contribution in [-0.2, 0) is 25.8 Å². The Morgan fingerprint density at radius 3 is 2.60 bits per heavy atom. The number of ether oxygens (including phenoxy) is 2. The SMILES string of the molecule is CCOC(=O)CCc1cccc(C(C)n2ccc(-c3cc(Oc4c(F)cc5[nH]ccc5c4S(C)(=O)=O)ccc3F)n2)c1F. The van der Waals surface area contributed by atoms with Crippen molar-refractivity contribution in [2.45, 2.75) is 37.6 Å². The smallest absolute Gasteiger partial charge is 0.306 e. The average Bonchev–Trinajstić information content (AvgIpc) is 3.63. The van der Waals surface area contributed by atoms with Crippen molar-refractivity contribution in [2.24, 2.45) is 0 Å². The second kappa shape index (κ2) is 12.0. The minimum absolute atomic E-state index is 0.0103. The first kappa shape index (κ1) is 29.9. The summed E-state index contributed by atoms with van der Waals surface area (Å²) in [6.45, 7) is 3.68. The molecule has 0 saturated heterocycles. The number of aryl methyl sites for hydroxylation is 1. The molecule has 0 bridgehead atoms. The number of aromatic amines is 1. The van der Waals surface area contributed by atoms with E-state index in [1.807, 2.05) is 0 Å². The molecule has 43 heavy (non-hydrogen) atoms. The molecule has 0 saturated carbocycles. The minimum Gasteiger partial charge on any atom is -0.466 e. The lowest BCUT2D eigenvalue weighted by atomic mass is 10.0. The minimum atomic E-state index is -3.92. The van der Waals surface area contributed by atoms with Crippen molar-refractivity contribution in [3.63, 3.8) is 0 Å². The van der Waals surface area contributed by atoms with Crippen molar-refractivity contribution in [3.05, 3.63) is 95.6 Å². The molecule has 1 N–H and O–H groups in total. The van der Waals surface area contributed by atoms with Crippen molar-refractivity contribution in [2.75, 3.05) is 12.9 Å². The van der Waals surface area contributed by atoms with Crippen molar-refractivity contribution >= 4 is 26.7 Å². The molecule has 0 radical (unpaired) electrons. The van der Waals surface area contributed by atoms with Crippen LogP contribution in [0, 0.1) is 17.5 Å². The predicted molar refractivity (Wildman–Crippen MR) is 154 cm³/mol. The van der Waals surface area contributed by atoms with Gasteiger partial charge < -0.3 is 14.5 Å². The van der Waals surface area contributed by atoms with Crippen LogP contribution < -0.4 is 4.74 Å². The van der Waals surface area contributed by atoms with Crippen LogP contribution in [0.15, 0.2) is 71.9 Å². The quantitative estimate of drug-likeness (QED) is 0.175. The first-order valence-corrected chi connectivity index (χ1v) is 15.3. The molecular weight excluding hydrogens is 583 g/mol. The number of aromatic nitrogens is 3. The summed E-state index contributed by atoms with van der Waals surface area (Å²) in [5.41, 5.74) is 1.18. The molecule has 5 aromatic rings. The second-order valence-electron chi connectivity index (χ2n) is 9.95. The Morgan fingerprint density at radius 2 is 1.86 bits per heavy atom. The molecule has 2 heterocycles. The van der Waals surface area contributed by atoms with E-state index in [2.05, 4.69) is 10.1 Å². The van der Waals surface area contributed by atoms with Crippen LogP contribution in [0.2, 0.25) is 0 Å². The van der Waals surface area contributed by atoms with Crippen LogP contribution in [0.25, 0.3) is 22.2 Å². The van der Waals surface area contributed by atoms with Gasteiger partial charge in [-0.1, -0.05) is 18.2 Å². The molecule has 1 atom stereocenters. The fourth-order valence-electron chi connectivity index (χ4n) is 4.89. The van der Waals surface area contributed by atoms with E-state index in [0.29, 0.717) is 11.1 Å². The number of esters is 1. The second-order valence-corrected chi connectivity index (χ2v) is 11.9. The number of nitrogens with zero attached hydrogens (tertiary/aromatic N) is 2. The summed E-state index contributed by atoms with van der Waals surface area (Å²) >= 11 is 0. The van der Waals surface area contributed by atoms with E-state index in [-0.39, 0.29) is 52.3 Å². The standard InChI is InChI=1S/C31H28F3N3O5S/c1-4-41-28(38)11-8-19-6-5-7-21(29(19)34)18(2)37-15-13-26(36-37)23-16-20(9-10-24(23)32)42-30-25(33)17-27-22(12-14-35-27)31(30)43(3,39)40/h5-7,9-10,12-18,35H,4,8,11H2,1-3H3. The van der Waals surface area contributed by atoms with Crippen LogP contribution in [-0.4, -0.2) is 42.0 Å². The van der Waals surface area contributed by atoms with E-state index < -0.39 is 45.0 Å². The van der Waals surface area contributed by atoms with Gasteiger partial charge in [0.1, 0.15) is 22.3 Å². The Morgan fingerprint density at radius 1 is 1.07 bits per heavy atom. The van der Waals surface area contributed by atoms with E-state index in [4.69, 9.17) is 9.47 Å². The van der Waals surface area contributed by atoms with Crippen LogP contribution >= 0.6 is 0 Å². The van der Waals surface area contributed by atoms with E-state index in [1.54, 1.807) is 38.2 Å². The fraction of sp³-hybridized carbons (Fsp3) is 0.226. The maximum atomic E-state index is 15.4. The van der Waals surface area contributed by atoms with E-state index in [0.717, 1.165) is 18.4 Å². The number of hydrogen-bond donors (Lipinski definition) is 1. The summed E-state index contributed by atoms with van der Waals surface area (Å²) in [6, 6.07) is 12.1. The molecule has 1 unspecified atom stereocenters. The third-order valence-electron chi connectivity index (χ3n) is 6.99. The number of nitrogens with one attached hydrogen (secondary N) is 1. The summed E-state index contributed by atoms with van der Waals surface area (Å²) < 4.78 is 82.7. The predicted octanol–water partition coefficient (Wildman–Crippen LogP) is 6.75. The molecule has 2 aromatic heterocycles. The Labute approximate surface area is 246 Å². The zero-order valence-corrected chi connectivity index (χ0v) is 24.3. The summed E-state index contributed by atoms with van der Waals surface area (Å²) in [4.78, 5) is 14.2. The normalized spacial score (nSPS) is 12.4. The molecule has 0 aliphatic carbocycles. The maximum absolute atomic E-state index is 15.4. The lowest BCUT2D eigenvalue weighted by Gasteiger charge is -2.16. The number of halogens is 3. The summed E-state index contributed by atoms with van der Waals surface area (Å²) in [7, 11) is -3.92. The van der Waals surface area contributed by atoms with Gasteiger partial charge in [-0.3, -0.25) is 9.48 Å². The topological polar surface area (TPSA) is 103 Å². The third kappa shape index (κ3) is 6.14. The molecule has 0 aliphatic heterocycles. The highest BCUT2D eigenvalue weighted by Crippen LogP contribution is 2.38. The Hall–Kier alpha value is -4.58. The Bertz CT molecular complexity index is 1930. The van der Waals surface area contributed by atoms with Crippen molar-refractivity contribution in [3.8, 4) is 22.8 Å². The van der Waals surface area contributed by atoms with Crippen LogP contribution in [0.5, 0.6) is 11.5 Å². The molecule has 0 spiro atoms. The molecule has 0 amide bonds. The summed E-state index contributed by atoms with van der Waals surface area (Å²) in [5.74, 6) is -2.97. The number of H-pyrrole nitrogens is 1. The van der Waals surface area contributed by atoms with Gasteiger partial charge in [-0.2, -0.15) is 5.10 Å². The monoisotopic (exact) mass is 611 g/mol. The highest BCUT2D eigenvalue weighted by atomic mass is 32.2. The average molecular weight is 612 g/mol. The molecule has 224 valence electrons. The number of sulfone groups is 1. The molecule has 12 heteroatoms. The van der Waals surface area contributed by atoms with Crippen molar-refractivity contribution < 1.29 is 35.9 Å². The highest BCUT2D eigenvalue weighted by molar-refractivity contribution is 7.91. The number of carbonyl (C=O) groups is 1.